The first-order valence-corrected chi connectivity index (χ1v) is 6.84. The molecule has 0 spiro atoms. The lowest BCUT2D eigenvalue weighted by molar-refractivity contribution is 0.254. The van der Waals surface area contributed by atoms with Crippen molar-refractivity contribution in [3.63, 3.8) is 0 Å². The van der Waals surface area contributed by atoms with Gasteiger partial charge < -0.3 is 14.8 Å². The molecule has 4 heteroatoms. The molecule has 0 radical (unpaired) electrons. The van der Waals surface area contributed by atoms with Crippen molar-refractivity contribution in [1.29, 1.82) is 0 Å². The minimum atomic E-state index is 0.608. The molecule has 0 amide bonds. The minimum absolute atomic E-state index is 0.608. The van der Waals surface area contributed by atoms with E-state index in [1.807, 2.05) is 12.1 Å². The lowest BCUT2D eigenvalue weighted by Gasteiger charge is -2.22. The van der Waals surface area contributed by atoms with Crippen LogP contribution >= 0.6 is 11.6 Å². The number of hydrogen-bond acceptors (Lipinski definition) is 3. The molecule has 1 aromatic rings. The van der Waals surface area contributed by atoms with Gasteiger partial charge in [-0.15, -0.1) is 0 Å². The van der Waals surface area contributed by atoms with Crippen LogP contribution in [-0.2, 0) is 0 Å². The predicted molar refractivity (Wildman–Crippen MR) is 73.7 cm³/mol. The Balaban J connectivity index is 1.79. The van der Waals surface area contributed by atoms with Crippen molar-refractivity contribution >= 4 is 11.6 Å². The zero-order valence-corrected chi connectivity index (χ0v) is 11.5. The van der Waals surface area contributed by atoms with Crippen LogP contribution in [0.5, 0.6) is 11.5 Å². The van der Waals surface area contributed by atoms with Gasteiger partial charge in [-0.25, -0.2) is 0 Å². The Hall–Kier alpha value is -0.930. The Morgan fingerprint density at radius 2 is 2.33 bits per heavy atom. The summed E-state index contributed by atoms with van der Waals surface area (Å²) in [5.74, 6) is 2.22. The lowest BCUT2D eigenvalue weighted by Crippen LogP contribution is -2.30. The fourth-order valence-electron chi connectivity index (χ4n) is 2.23. The number of rotatable bonds is 5. The van der Waals surface area contributed by atoms with Crippen LogP contribution in [0.15, 0.2) is 18.2 Å². The molecule has 18 heavy (non-hydrogen) atoms. The molecule has 1 fully saturated rings. The van der Waals surface area contributed by atoms with Gasteiger partial charge in [-0.05, 0) is 50.4 Å². The van der Waals surface area contributed by atoms with E-state index in [4.69, 9.17) is 21.1 Å². The summed E-state index contributed by atoms with van der Waals surface area (Å²) in [5.41, 5.74) is 0. The van der Waals surface area contributed by atoms with Gasteiger partial charge in [0.25, 0.3) is 0 Å². The molecule has 3 nitrogen and oxygen atoms in total. The largest absolute Gasteiger partial charge is 0.497 e. The Kier molecular flexibility index (Phi) is 5.14. The Morgan fingerprint density at radius 3 is 3.00 bits per heavy atom. The molecule has 0 aromatic heterocycles. The van der Waals surface area contributed by atoms with E-state index in [0.717, 1.165) is 43.5 Å². The zero-order chi connectivity index (χ0) is 12.8. The van der Waals surface area contributed by atoms with Crippen LogP contribution in [0.25, 0.3) is 0 Å². The van der Waals surface area contributed by atoms with E-state index in [9.17, 15) is 0 Å². The van der Waals surface area contributed by atoms with Gasteiger partial charge in [-0.1, -0.05) is 11.6 Å². The third-order valence-electron chi connectivity index (χ3n) is 3.32. The van der Waals surface area contributed by atoms with E-state index in [2.05, 4.69) is 5.32 Å². The average molecular weight is 270 g/mol. The molecule has 1 saturated heterocycles. The zero-order valence-electron chi connectivity index (χ0n) is 10.7. The second-order valence-corrected chi connectivity index (χ2v) is 5.05. The van der Waals surface area contributed by atoms with E-state index < -0.39 is 0 Å². The summed E-state index contributed by atoms with van der Waals surface area (Å²) in [7, 11) is 1.63. The number of benzene rings is 1. The highest BCUT2D eigenvalue weighted by Crippen LogP contribution is 2.29. The Labute approximate surface area is 113 Å². The molecule has 1 aromatic carbocycles. The maximum atomic E-state index is 6.11. The van der Waals surface area contributed by atoms with Crippen LogP contribution in [0.3, 0.4) is 0 Å². The molecule has 1 unspecified atom stereocenters. The van der Waals surface area contributed by atoms with Crippen LogP contribution in [-0.4, -0.2) is 26.8 Å². The topological polar surface area (TPSA) is 30.5 Å². The van der Waals surface area contributed by atoms with Crippen molar-refractivity contribution in [3.8, 4) is 11.5 Å². The maximum Gasteiger partial charge on any atom is 0.138 e. The fourth-order valence-corrected chi connectivity index (χ4v) is 2.46. The molecule has 0 bridgehead atoms. The van der Waals surface area contributed by atoms with Crippen LogP contribution in [0.4, 0.5) is 0 Å². The van der Waals surface area contributed by atoms with E-state index in [1.165, 1.54) is 12.8 Å². The molecule has 1 atom stereocenters. The van der Waals surface area contributed by atoms with Gasteiger partial charge in [0.2, 0.25) is 0 Å². The van der Waals surface area contributed by atoms with Crippen molar-refractivity contribution in [2.24, 2.45) is 5.92 Å². The van der Waals surface area contributed by atoms with Gasteiger partial charge in [0.15, 0.2) is 0 Å². The van der Waals surface area contributed by atoms with Crippen molar-refractivity contribution in [2.75, 3.05) is 26.8 Å². The Bertz CT molecular complexity index is 378. The molecule has 1 aliphatic rings. The first kappa shape index (κ1) is 13.5. The summed E-state index contributed by atoms with van der Waals surface area (Å²) >= 11 is 6.11. The lowest BCUT2D eigenvalue weighted by atomic mass is 9.97. The van der Waals surface area contributed by atoms with Crippen LogP contribution in [0.1, 0.15) is 19.3 Å². The summed E-state index contributed by atoms with van der Waals surface area (Å²) in [6.45, 7) is 2.99. The van der Waals surface area contributed by atoms with Gasteiger partial charge in [-0.2, -0.15) is 0 Å². The van der Waals surface area contributed by atoms with Crippen LogP contribution < -0.4 is 14.8 Å². The third-order valence-corrected chi connectivity index (χ3v) is 3.62. The average Bonchev–Trinajstić information content (AvgIpc) is 2.42. The smallest absolute Gasteiger partial charge is 0.138 e. The summed E-state index contributed by atoms with van der Waals surface area (Å²) in [6.07, 6.45) is 3.65. The molecular formula is C14H20ClNO2. The first-order valence-electron chi connectivity index (χ1n) is 6.46. The highest BCUT2D eigenvalue weighted by Gasteiger charge is 2.13. The van der Waals surface area contributed by atoms with E-state index >= 15 is 0 Å². The number of piperidine rings is 1. The van der Waals surface area contributed by atoms with Crippen molar-refractivity contribution in [1.82, 2.24) is 5.32 Å². The molecule has 1 heterocycles. The van der Waals surface area contributed by atoms with E-state index in [0.29, 0.717) is 5.02 Å². The second kappa shape index (κ2) is 6.86. The van der Waals surface area contributed by atoms with Gasteiger partial charge in [0.1, 0.15) is 11.5 Å². The van der Waals surface area contributed by atoms with Gasteiger partial charge >= 0.3 is 0 Å². The van der Waals surface area contributed by atoms with Crippen molar-refractivity contribution < 1.29 is 9.47 Å². The van der Waals surface area contributed by atoms with Crippen molar-refractivity contribution in [3.05, 3.63) is 23.2 Å². The predicted octanol–water partition coefficient (Wildman–Crippen LogP) is 3.12. The highest BCUT2D eigenvalue weighted by atomic mass is 35.5. The van der Waals surface area contributed by atoms with Gasteiger partial charge in [-0.3, -0.25) is 0 Å². The molecule has 0 saturated carbocycles. The fraction of sp³-hybridized carbons (Fsp3) is 0.571. The molecule has 1 aliphatic heterocycles. The minimum Gasteiger partial charge on any atom is -0.497 e. The standard InChI is InChI=1S/C14H20ClNO2/c1-17-12-4-5-14(13(15)9-12)18-8-6-11-3-2-7-16-10-11/h4-5,9,11,16H,2-3,6-8,10H2,1H3. The maximum absolute atomic E-state index is 6.11. The Morgan fingerprint density at radius 1 is 1.44 bits per heavy atom. The molecule has 2 rings (SSSR count). The van der Waals surface area contributed by atoms with Crippen LogP contribution in [0, 0.1) is 5.92 Å². The monoisotopic (exact) mass is 269 g/mol. The second-order valence-electron chi connectivity index (χ2n) is 4.65. The summed E-state index contributed by atoms with van der Waals surface area (Å²) < 4.78 is 10.8. The number of methoxy groups -OCH3 is 1. The third kappa shape index (κ3) is 3.79. The number of ether oxygens (including phenoxy) is 2. The molecule has 0 aliphatic carbocycles. The number of nitrogens with one attached hydrogen (secondary N) is 1. The molecule has 1 N–H and O–H groups in total. The van der Waals surface area contributed by atoms with Crippen LogP contribution in [0.2, 0.25) is 5.02 Å². The summed E-state index contributed by atoms with van der Waals surface area (Å²) in [6, 6.07) is 5.50. The normalized spacial score (nSPS) is 19.6. The van der Waals surface area contributed by atoms with E-state index in [1.54, 1.807) is 13.2 Å². The van der Waals surface area contributed by atoms with Gasteiger partial charge in [0.05, 0.1) is 18.7 Å². The van der Waals surface area contributed by atoms with E-state index in [-0.39, 0.29) is 0 Å². The molecular weight excluding hydrogens is 250 g/mol. The molecule has 100 valence electrons. The van der Waals surface area contributed by atoms with Gasteiger partial charge in [0, 0.05) is 6.07 Å². The first-order chi connectivity index (χ1) is 8.79. The highest BCUT2D eigenvalue weighted by molar-refractivity contribution is 6.32. The summed E-state index contributed by atoms with van der Waals surface area (Å²) in [5, 5.41) is 4.02. The number of hydrogen-bond donors (Lipinski definition) is 1. The van der Waals surface area contributed by atoms with Crippen molar-refractivity contribution in [2.45, 2.75) is 19.3 Å². The quantitative estimate of drug-likeness (QED) is 0.891. The SMILES string of the molecule is COc1ccc(OCCC2CCCNC2)c(Cl)c1. The summed E-state index contributed by atoms with van der Waals surface area (Å²) in [4.78, 5) is 0. The number of halogens is 1.